The second-order valence-corrected chi connectivity index (χ2v) is 7.62. The molecule has 8 heteroatoms. The Kier molecular flexibility index (Phi) is 6.92. The summed E-state index contributed by atoms with van der Waals surface area (Å²) in [7, 11) is 1.51. The van der Waals surface area contributed by atoms with Gasteiger partial charge in [-0.15, -0.1) is 0 Å². The van der Waals surface area contributed by atoms with Crippen molar-refractivity contribution in [2.24, 2.45) is 0 Å². The van der Waals surface area contributed by atoms with Crippen molar-refractivity contribution in [3.63, 3.8) is 0 Å². The number of para-hydroxylation sites is 1. The maximum Gasteiger partial charge on any atom is 0.313 e. The van der Waals surface area contributed by atoms with Gasteiger partial charge in [-0.25, -0.2) is 4.98 Å². The number of carbonyl (C=O) groups excluding carboxylic acids is 2. The summed E-state index contributed by atoms with van der Waals surface area (Å²) in [6.07, 6.45) is 3.53. The Balaban J connectivity index is 1.55. The van der Waals surface area contributed by atoms with Crippen LogP contribution in [0.3, 0.4) is 0 Å². The van der Waals surface area contributed by atoms with Crippen LogP contribution in [0.4, 0.5) is 11.4 Å². The Labute approximate surface area is 181 Å². The van der Waals surface area contributed by atoms with Crippen LogP contribution in [0.25, 0.3) is 11.3 Å². The van der Waals surface area contributed by atoms with E-state index >= 15 is 0 Å². The Hall–Kier alpha value is -3.81. The van der Waals surface area contributed by atoms with E-state index in [1.807, 2.05) is 44.2 Å². The minimum atomic E-state index is -0.751. The number of carbonyl (C=O) groups is 2. The quantitative estimate of drug-likeness (QED) is 0.478. The zero-order valence-corrected chi connectivity index (χ0v) is 17.8. The van der Waals surface area contributed by atoms with Crippen molar-refractivity contribution in [1.29, 1.82) is 0 Å². The van der Waals surface area contributed by atoms with Gasteiger partial charge in [-0.2, -0.15) is 0 Å². The van der Waals surface area contributed by atoms with Crippen LogP contribution in [-0.2, 0) is 9.59 Å². The average molecular weight is 422 g/mol. The number of aromatic nitrogens is 1. The van der Waals surface area contributed by atoms with E-state index in [0.717, 1.165) is 5.69 Å². The van der Waals surface area contributed by atoms with Crippen molar-refractivity contribution in [2.45, 2.75) is 25.8 Å². The van der Waals surface area contributed by atoms with E-state index in [4.69, 9.17) is 9.15 Å². The van der Waals surface area contributed by atoms with Gasteiger partial charge in [-0.05, 0) is 44.5 Å². The molecular formula is C23H26N4O4. The number of anilines is 2. The smallest absolute Gasteiger partial charge is 0.313 e. The van der Waals surface area contributed by atoms with Gasteiger partial charge >= 0.3 is 11.8 Å². The third kappa shape index (κ3) is 6.08. The Bertz CT molecular complexity index is 1020. The molecule has 31 heavy (non-hydrogen) atoms. The maximum absolute atomic E-state index is 12.4. The van der Waals surface area contributed by atoms with Crippen LogP contribution in [0, 0.1) is 0 Å². The second kappa shape index (κ2) is 9.80. The van der Waals surface area contributed by atoms with E-state index in [1.54, 1.807) is 24.4 Å². The predicted molar refractivity (Wildman–Crippen MR) is 119 cm³/mol. The Morgan fingerprint density at radius 3 is 2.52 bits per heavy atom. The fourth-order valence-corrected chi connectivity index (χ4v) is 3.01. The highest BCUT2D eigenvalue weighted by atomic mass is 16.5. The van der Waals surface area contributed by atoms with E-state index in [0.29, 0.717) is 35.7 Å². The fraction of sp³-hybridized carbons (Fsp3) is 0.261. The first kappa shape index (κ1) is 21.9. The van der Waals surface area contributed by atoms with Crippen LogP contribution in [0.2, 0.25) is 0 Å². The van der Waals surface area contributed by atoms with Gasteiger partial charge in [0.15, 0.2) is 12.2 Å². The number of hydrogen-bond acceptors (Lipinski definition) is 6. The summed E-state index contributed by atoms with van der Waals surface area (Å²) >= 11 is 0. The molecule has 162 valence electrons. The molecule has 0 aliphatic rings. The summed E-state index contributed by atoms with van der Waals surface area (Å²) in [5.41, 5.74) is 1.56. The number of hydrogen-bond donors (Lipinski definition) is 3. The molecule has 3 aromatic rings. The number of benzene rings is 2. The minimum Gasteiger partial charge on any atom is -0.496 e. The number of nitrogens with zero attached hydrogens (tertiary/aromatic N) is 1. The number of ether oxygens (including phenoxy) is 1. The molecule has 0 spiro atoms. The molecule has 0 aliphatic carbocycles. The lowest BCUT2D eigenvalue weighted by atomic mass is 10.0. The molecule has 0 radical (unpaired) electrons. The molecule has 0 fully saturated rings. The van der Waals surface area contributed by atoms with Gasteiger partial charge in [0, 0.05) is 29.5 Å². The lowest BCUT2D eigenvalue weighted by molar-refractivity contribution is -0.137. The number of rotatable bonds is 8. The van der Waals surface area contributed by atoms with Crippen LogP contribution < -0.4 is 20.7 Å². The third-order valence-electron chi connectivity index (χ3n) is 4.67. The molecule has 1 aromatic heterocycles. The van der Waals surface area contributed by atoms with Gasteiger partial charge in [0.25, 0.3) is 0 Å². The zero-order valence-electron chi connectivity index (χ0n) is 17.8. The minimum absolute atomic E-state index is 0.434. The van der Waals surface area contributed by atoms with E-state index in [2.05, 4.69) is 20.9 Å². The normalized spacial score (nSPS) is 10.9. The molecular weight excluding hydrogens is 396 g/mol. The first-order valence-corrected chi connectivity index (χ1v) is 9.87. The van der Waals surface area contributed by atoms with Crippen LogP contribution in [0.1, 0.15) is 20.3 Å². The van der Waals surface area contributed by atoms with Gasteiger partial charge < -0.3 is 25.1 Å². The van der Waals surface area contributed by atoms with Crippen molar-refractivity contribution >= 4 is 23.2 Å². The first-order chi connectivity index (χ1) is 14.9. The van der Waals surface area contributed by atoms with E-state index in [1.165, 1.54) is 13.5 Å². The Morgan fingerprint density at radius 2 is 1.84 bits per heavy atom. The number of nitrogens with one attached hydrogen (secondary N) is 3. The topological polar surface area (TPSA) is 105 Å². The summed E-state index contributed by atoms with van der Waals surface area (Å²) < 4.78 is 10.7. The van der Waals surface area contributed by atoms with Gasteiger partial charge in [0.2, 0.25) is 0 Å². The third-order valence-corrected chi connectivity index (χ3v) is 4.67. The highest BCUT2D eigenvalue weighted by Gasteiger charge is 2.24. The summed E-state index contributed by atoms with van der Waals surface area (Å²) in [5.74, 6) is -0.429. The molecule has 1 heterocycles. The SMILES string of the molecule is COc1cc(NC(=O)C(=O)NC(C)(C)CCNc2ccccc2)ccc1-c1cnco1. The number of methoxy groups -OCH3 is 1. The van der Waals surface area contributed by atoms with Gasteiger partial charge in [0.05, 0.1) is 18.9 Å². The van der Waals surface area contributed by atoms with Crippen LogP contribution in [0.15, 0.2) is 65.5 Å². The Morgan fingerprint density at radius 1 is 1.06 bits per heavy atom. The molecule has 2 amide bonds. The summed E-state index contributed by atoms with van der Waals surface area (Å²) in [4.78, 5) is 28.7. The lowest BCUT2D eigenvalue weighted by Gasteiger charge is -2.26. The van der Waals surface area contributed by atoms with Gasteiger partial charge in [-0.3, -0.25) is 9.59 Å². The van der Waals surface area contributed by atoms with Crippen molar-refractivity contribution < 1.29 is 18.7 Å². The lowest BCUT2D eigenvalue weighted by Crippen LogP contribution is -2.48. The average Bonchev–Trinajstić information content (AvgIpc) is 3.28. The van der Waals surface area contributed by atoms with E-state index in [9.17, 15) is 9.59 Å². The van der Waals surface area contributed by atoms with Crippen LogP contribution in [0.5, 0.6) is 5.75 Å². The molecule has 0 saturated heterocycles. The second-order valence-electron chi connectivity index (χ2n) is 7.62. The highest BCUT2D eigenvalue weighted by molar-refractivity contribution is 6.39. The molecule has 0 unspecified atom stereocenters. The molecule has 8 nitrogen and oxygen atoms in total. The van der Waals surface area contributed by atoms with Gasteiger partial charge in [-0.1, -0.05) is 18.2 Å². The van der Waals surface area contributed by atoms with Crippen LogP contribution >= 0.6 is 0 Å². The predicted octanol–water partition coefficient (Wildman–Crippen LogP) is 3.69. The molecule has 2 aromatic carbocycles. The fourth-order valence-electron chi connectivity index (χ4n) is 3.01. The van der Waals surface area contributed by atoms with Crippen molar-refractivity contribution in [1.82, 2.24) is 10.3 Å². The van der Waals surface area contributed by atoms with Crippen molar-refractivity contribution in [2.75, 3.05) is 24.3 Å². The molecule has 0 bridgehead atoms. The van der Waals surface area contributed by atoms with Crippen molar-refractivity contribution in [3.8, 4) is 17.1 Å². The summed E-state index contributed by atoms with van der Waals surface area (Å²) in [5, 5.41) is 8.67. The highest BCUT2D eigenvalue weighted by Crippen LogP contribution is 2.32. The summed E-state index contributed by atoms with van der Waals surface area (Å²) in [6, 6.07) is 14.8. The maximum atomic E-state index is 12.4. The molecule has 0 aliphatic heterocycles. The first-order valence-electron chi connectivity index (χ1n) is 9.87. The zero-order chi connectivity index (χ0) is 22.3. The van der Waals surface area contributed by atoms with E-state index in [-0.39, 0.29) is 0 Å². The van der Waals surface area contributed by atoms with Crippen molar-refractivity contribution in [3.05, 3.63) is 61.1 Å². The standard InChI is InChI=1S/C23H26N4O4/c1-23(2,11-12-25-16-7-5-4-6-8-16)27-22(29)21(28)26-17-9-10-18(19(13-17)30-3)20-14-24-15-31-20/h4-10,13-15,25H,11-12H2,1-3H3,(H,26,28)(H,27,29). The molecule has 3 N–H and O–H groups in total. The molecule has 3 rings (SSSR count). The van der Waals surface area contributed by atoms with Crippen LogP contribution in [-0.4, -0.2) is 36.0 Å². The van der Waals surface area contributed by atoms with Gasteiger partial charge in [0.1, 0.15) is 5.75 Å². The summed E-state index contributed by atoms with van der Waals surface area (Å²) in [6.45, 7) is 4.40. The number of oxazole rings is 1. The monoisotopic (exact) mass is 422 g/mol. The van der Waals surface area contributed by atoms with E-state index < -0.39 is 17.4 Å². The molecule has 0 saturated carbocycles. The largest absolute Gasteiger partial charge is 0.496 e. The number of amides is 2. The molecule has 0 atom stereocenters.